The number of hydrogen-bond acceptors (Lipinski definition) is 2. The summed E-state index contributed by atoms with van der Waals surface area (Å²) in [4.78, 5) is 18.5. The van der Waals surface area contributed by atoms with Crippen molar-refractivity contribution in [1.29, 1.82) is 0 Å². The number of unbranched alkanes of at least 4 members (excludes halogenated alkanes) is 17. The van der Waals surface area contributed by atoms with Crippen LogP contribution < -0.4 is 0 Å². The van der Waals surface area contributed by atoms with Crippen LogP contribution in [0.5, 0.6) is 0 Å². The summed E-state index contributed by atoms with van der Waals surface area (Å²) in [6.07, 6.45) is 24.6. The van der Waals surface area contributed by atoms with Gasteiger partial charge in [-0.25, -0.2) is 4.57 Å². The van der Waals surface area contributed by atoms with Crippen molar-refractivity contribution in [3.05, 3.63) is 0 Å². The Morgan fingerprint density at radius 3 is 1.27 bits per heavy atom. The first kappa shape index (κ1) is 33.1. The maximum Gasteiger partial charge on any atom is 0.470 e. The van der Waals surface area contributed by atoms with Gasteiger partial charge in [-0.15, -0.1) is 0 Å². The van der Waals surface area contributed by atoms with E-state index < -0.39 is 7.82 Å². The fraction of sp³-hybridized carbons (Fsp3) is 1.00. The molecule has 1 atom stereocenters. The first-order valence-electron chi connectivity index (χ1n) is 14.3. The van der Waals surface area contributed by atoms with Gasteiger partial charge >= 0.3 is 7.82 Å². The number of rotatable bonds is 25. The normalized spacial score (nSPS) is 13.5. The topological polar surface area (TPSA) is 66.8 Å². The van der Waals surface area contributed by atoms with Gasteiger partial charge in [-0.3, -0.25) is 4.52 Å². The molecule has 0 radical (unpaired) electrons. The summed E-state index contributed by atoms with van der Waals surface area (Å²) in [6.45, 7) is 9.07. The van der Waals surface area contributed by atoms with Gasteiger partial charge in [0.1, 0.15) is 12.6 Å². The van der Waals surface area contributed by atoms with E-state index in [9.17, 15) is 14.4 Å². The molecule has 0 aliphatic heterocycles. The van der Waals surface area contributed by atoms with Crippen LogP contribution in [-0.2, 0) is 9.09 Å². The highest BCUT2D eigenvalue weighted by Crippen LogP contribution is 2.39. The van der Waals surface area contributed by atoms with E-state index in [0.717, 1.165) is 36.8 Å². The monoisotopic (exact) mass is 492 g/mol. The third-order valence-electron chi connectivity index (χ3n) is 7.34. The van der Waals surface area contributed by atoms with Gasteiger partial charge in [0.2, 0.25) is 0 Å². The average Bonchev–Trinajstić information content (AvgIpc) is 2.77. The lowest BCUT2D eigenvalue weighted by atomic mass is 10.0. The minimum atomic E-state index is -4.43. The molecule has 0 aromatic rings. The van der Waals surface area contributed by atoms with Crippen molar-refractivity contribution in [1.82, 2.24) is 0 Å². The Balaban J connectivity index is 3.62. The molecular weight excluding hydrogens is 433 g/mol. The van der Waals surface area contributed by atoms with Gasteiger partial charge in [0, 0.05) is 0 Å². The number of nitrogens with zero attached hydrogens (tertiary/aromatic N) is 1. The second-order valence-corrected chi connectivity index (χ2v) is 11.6. The predicted octanol–water partition coefficient (Wildman–Crippen LogP) is 8.38. The van der Waals surface area contributed by atoms with Crippen molar-refractivity contribution in [2.45, 2.75) is 149 Å². The van der Waals surface area contributed by atoms with Crippen LogP contribution >= 0.6 is 7.82 Å². The summed E-state index contributed by atoms with van der Waals surface area (Å²) >= 11 is 0. The molecule has 0 aromatic heterocycles. The van der Waals surface area contributed by atoms with Crippen molar-refractivity contribution in [2.75, 3.05) is 26.7 Å². The molecule has 0 aromatic carbocycles. The predicted molar refractivity (Wildman–Crippen MR) is 142 cm³/mol. The van der Waals surface area contributed by atoms with Crippen LogP contribution in [0.25, 0.3) is 0 Å². The minimum Gasteiger partial charge on any atom is -0.324 e. The molecule has 1 unspecified atom stereocenters. The summed E-state index contributed by atoms with van der Waals surface area (Å²) in [5.41, 5.74) is 0. The molecule has 0 rings (SSSR count). The van der Waals surface area contributed by atoms with Gasteiger partial charge in [-0.1, -0.05) is 122 Å². The van der Waals surface area contributed by atoms with E-state index in [-0.39, 0.29) is 6.10 Å². The molecule has 200 valence electrons. The number of quaternary nitrogens is 1. The zero-order chi connectivity index (χ0) is 24.8. The van der Waals surface area contributed by atoms with E-state index in [4.69, 9.17) is 4.52 Å². The Morgan fingerprint density at radius 1 is 0.636 bits per heavy atom. The number of phosphoric acid groups is 1. The molecule has 33 heavy (non-hydrogen) atoms. The van der Waals surface area contributed by atoms with E-state index >= 15 is 0 Å². The van der Waals surface area contributed by atoms with E-state index in [0.29, 0.717) is 6.54 Å². The second kappa shape index (κ2) is 21.4. The second-order valence-electron chi connectivity index (χ2n) is 10.5. The Morgan fingerprint density at radius 2 is 0.970 bits per heavy atom. The van der Waals surface area contributed by atoms with E-state index in [1.807, 2.05) is 0 Å². The third-order valence-corrected chi connectivity index (χ3v) is 7.91. The van der Waals surface area contributed by atoms with Gasteiger partial charge in [0.15, 0.2) is 0 Å². The molecule has 6 heteroatoms. The maximum absolute atomic E-state index is 11.4. The average molecular weight is 493 g/mol. The summed E-state index contributed by atoms with van der Waals surface area (Å²) in [5, 5.41) is 0. The molecule has 0 fully saturated rings. The van der Waals surface area contributed by atoms with E-state index in [1.165, 1.54) is 103 Å². The van der Waals surface area contributed by atoms with Crippen molar-refractivity contribution in [3.8, 4) is 0 Å². The SMILES string of the molecule is CCCCCCCCCCCCCCCCCCCCC(C[N+](C)(CC)CC)OP(=O)(O)O. The van der Waals surface area contributed by atoms with Gasteiger partial charge in [0.05, 0.1) is 20.1 Å². The van der Waals surface area contributed by atoms with E-state index in [1.54, 1.807) is 0 Å². The highest BCUT2D eigenvalue weighted by atomic mass is 31.2. The number of likely N-dealkylation sites (N-methyl/N-ethyl adjacent to an activating group) is 1. The van der Waals surface area contributed by atoms with E-state index in [2.05, 4.69) is 27.8 Å². The highest BCUT2D eigenvalue weighted by Gasteiger charge is 2.29. The smallest absolute Gasteiger partial charge is 0.324 e. The molecule has 0 saturated heterocycles. The zero-order valence-corrected chi connectivity index (χ0v) is 23.6. The molecule has 0 bridgehead atoms. The quantitative estimate of drug-likeness (QED) is 0.0763. The molecule has 2 N–H and O–H groups in total. The van der Waals surface area contributed by atoms with Gasteiger partial charge < -0.3 is 14.3 Å². The van der Waals surface area contributed by atoms with Crippen LogP contribution in [0.2, 0.25) is 0 Å². The van der Waals surface area contributed by atoms with Crippen molar-refractivity contribution in [2.24, 2.45) is 0 Å². The summed E-state index contributed by atoms with van der Waals surface area (Å²) in [5.74, 6) is 0. The minimum absolute atomic E-state index is 0.364. The van der Waals surface area contributed by atoms with Crippen LogP contribution in [0.1, 0.15) is 143 Å². The first-order chi connectivity index (χ1) is 15.8. The molecule has 0 amide bonds. The first-order valence-corrected chi connectivity index (χ1v) is 15.9. The molecule has 0 spiro atoms. The largest absolute Gasteiger partial charge is 0.470 e. The zero-order valence-electron chi connectivity index (χ0n) is 22.7. The Kier molecular flexibility index (Phi) is 21.4. The van der Waals surface area contributed by atoms with Crippen LogP contribution in [-0.4, -0.2) is 47.1 Å². The summed E-state index contributed by atoms with van der Waals surface area (Å²) < 4.78 is 17.3. The maximum atomic E-state index is 11.4. The number of hydrogen-bond donors (Lipinski definition) is 2. The lowest BCUT2D eigenvalue weighted by Gasteiger charge is -2.35. The fourth-order valence-corrected chi connectivity index (χ4v) is 5.18. The number of phosphoric ester groups is 1. The van der Waals surface area contributed by atoms with Crippen molar-refractivity contribution in [3.63, 3.8) is 0 Å². The Bertz CT molecular complexity index is 465. The molecule has 5 nitrogen and oxygen atoms in total. The van der Waals surface area contributed by atoms with Gasteiger partial charge in [-0.2, -0.15) is 0 Å². The van der Waals surface area contributed by atoms with Crippen molar-refractivity contribution < 1.29 is 23.4 Å². The Labute approximate surface area is 206 Å². The molecule has 0 aliphatic carbocycles. The highest BCUT2D eigenvalue weighted by molar-refractivity contribution is 7.46. The third kappa shape index (κ3) is 22.3. The molecule has 0 saturated carbocycles. The fourth-order valence-electron chi connectivity index (χ4n) is 4.62. The van der Waals surface area contributed by atoms with Crippen LogP contribution in [0.3, 0.4) is 0 Å². The molecular formula is C27H59NO4P+. The van der Waals surface area contributed by atoms with Crippen LogP contribution in [0.15, 0.2) is 0 Å². The molecule has 0 aliphatic rings. The molecule has 0 heterocycles. The Hall–Kier alpha value is 0.0700. The lowest BCUT2D eigenvalue weighted by molar-refractivity contribution is -0.908. The van der Waals surface area contributed by atoms with Gasteiger partial charge in [-0.05, 0) is 20.3 Å². The standard InChI is InChI=1S/C27H58NO4P/c1-5-8-9-10-11-12-13-14-15-16-17-18-19-20-21-22-23-24-25-27(32-33(29,30)31)26-28(4,6-2)7-3/h27H,5-26H2,1-4H3,(H-,29,30,31)/p+1. The summed E-state index contributed by atoms with van der Waals surface area (Å²) in [7, 11) is -2.30. The van der Waals surface area contributed by atoms with Gasteiger partial charge in [0.25, 0.3) is 0 Å². The van der Waals surface area contributed by atoms with Crippen LogP contribution in [0, 0.1) is 0 Å². The summed E-state index contributed by atoms with van der Waals surface area (Å²) in [6, 6.07) is 0. The lowest BCUT2D eigenvalue weighted by Crippen LogP contribution is -2.48. The van der Waals surface area contributed by atoms with Crippen molar-refractivity contribution >= 4 is 7.82 Å². The van der Waals surface area contributed by atoms with Crippen LogP contribution in [0.4, 0.5) is 0 Å².